The lowest BCUT2D eigenvalue weighted by Crippen LogP contribution is -2.27. The molecule has 2 aromatic heterocycles. The molecule has 1 amide bonds. The van der Waals surface area contributed by atoms with Gasteiger partial charge in [0.15, 0.2) is 0 Å². The third kappa shape index (κ3) is 3.08. The van der Waals surface area contributed by atoms with E-state index in [9.17, 15) is 9.59 Å². The Morgan fingerprint density at radius 2 is 2.15 bits per heavy atom. The van der Waals surface area contributed by atoms with Crippen molar-refractivity contribution in [2.75, 3.05) is 27.2 Å². The standard InChI is InChI=1S/C14H18N2O4/c1-9-7-11-12(14(18)20-9)10(8-19-11)13(17)15-5-4-6-16(2)3/h7-8H,4-6H2,1-3H3,(H,15,17). The van der Waals surface area contributed by atoms with Crippen molar-refractivity contribution >= 4 is 16.9 Å². The molecule has 0 saturated carbocycles. The molecule has 2 rings (SSSR count). The highest BCUT2D eigenvalue weighted by molar-refractivity contribution is 6.05. The molecule has 0 aromatic carbocycles. The van der Waals surface area contributed by atoms with Crippen molar-refractivity contribution in [1.29, 1.82) is 0 Å². The Morgan fingerprint density at radius 3 is 2.85 bits per heavy atom. The van der Waals surface area contributed by atoms with E-state index >= 15 is 0 Å². The largest absolute Gasteiger partial charge is 0.463 e. The molecule has 0 saturated heterocycles. The zero-order valence-electron chi connectivity index (χ0n) is 11.9. The van der Waals surface area contributed by atoms with Crippen molar-refractivity contribution in [3.63, 3.8) is 0 Å². The lowest BCUT2D eigenvalue weighted by Gasteiger charge is -2.09. The summed E-state index contributed by atoms with van der Waals surface area (Å²) in [5.74, 6) is 0.133. The predicted molar refractivity (Wildman–Crippen MR) is 75.0 cm³/mol. The number of fused-ring (bicyclic) bond motifs is 1. The molecule has 0 unspecified atom stereocenters. The molecule has 0 aliphatic heterocycles. The summed E-state index contributed by atoms with van der Waals surface area (Å²) in [7, 11) is 3.94. The summed E-state index contributed by atoms with van der Waals surface area (Å²) >= 11 is 0. The molecule has 0 radical (unpaired) electrons. The fraction of sp³-hybridized carbons (Fsp3) is 0.429. The summed E-state index contributed by atoms with van der Waals surface area (Å²) < 4.78 is 10.2. The van der Waals surface area contributed by atoms with Crippen molar-refractivity contribution < 1.29 is 13.6 Å². The number of aryl methyl sites for hydroxylation is 1. The first kappa shape index (κ1) is 14.3. The molecular weight excluding hydrogens is 260 g/mol. The number of carbonyl (C=O) groups excluding carboxylic acids is 1. The molecule has 0 aliphatic rings. The molecule has 108 valence electrons. The molecule has 20 heavy (non-hydrogen) atoms. The van der Waals surface area contributed by atoms with Crippen molar-refractivity contribution in [2.45, 2.75) is 13.3 Å². The Labute approximate surface area is 116 Å². The van der Waals surface area contributed by atoms with Crippen LogP contribution in [0.15, 0.2) is 26.0 Å². The Balaban J connectivity index is 2.13. The van der Waals surface area contributed by atoms with Gasteiger partial charge in [0.05, 0.1) is 5.56 Å². The molecule has 0 bridgehead atoms. The minimum absolute atomic E-state index is 0.195. The van der Waals surface area contributed by atoms with Crippen LogP contribution in [0.25, 0.3) is 11.0 Å². The maximum absolute atomic E-state index is 12.0. The van der Waals surface area contributed by atoms with E-state index in [1.807, 2.05) is 19.0 Å². The summed E-state index contributed by atoms with van der Waals surface area (Å²) in [4.78, 5) is 25.9. The van der Waals surface area contributed by atoms with Crippen LogP contribution in [-0.2, 0) is 0 Å². The van der Waals surface area contributed by atoms with Crippen LogP contribution < -0.4 is 10.9 Å². The highest BCUT2D eigenvalue weighted by atomic mass is 16.4. The summed E-state index contributed by atoms with van der Waals surface area (Å²) in [6.45, 7) is 3.08. The molecule has 2 aromatic rings. The third-order valence-electron chi connectivity index (χ3n) is 2.92. The van der Waals surface area contributed by atoms with Crippen molar-refractivity contribution in [3.8, 4) is 0 Å². The van der Waals surface area contributed by atoms with E-state index in [1.54, 1.807) is 13.0 Å². The van der Waals surface area contributed by atoms with Crippen LogP contribution in [0.1, 0.15) is 22.5 Å². The molecule has 6 nitrogen and oxygen atoms in total. The van der Waals surface area contributed by atoms with Gasteiger partial charge in [0, 0.05) is 12.6 Å². The second-order valence-electron chi connectivity index (χ2n) is 4.95. The molecule has 0 aliphatic carbocycles. The van der Waals surface area contributed by atoms with E-state index in [2.05, 4.69) is 5.32 Å². The van der Waals surface area contributed by atoms with Gasteiger partial charge in [0.1, 0.15) is 23.0 Å². The molecule has 6 heteroatoms. The number of rotatable bonds is 5. The van der Waals surface area contributed by atoms with Gasteiger partial charge in [0.25, 0.3) is 5.91 Å². The van der Waals surface area contributed by atoms with Crippen molar-refractivity contribution in [3.05, 3.63) is 34.1 Å². The van der Waals surface area contributed by atoms with Crippen LogP contribution in [0.4, 0.5) is 0 Å². The SMILES string of the molecule is Cc1cc2occ(C(=O)NCCCN(C)C)c2c(=O)o1. The fourth-order valence-electron chi connectivity index (χ4n) is 1.96. The Bertz CT molecular complexity index is 669. The van der Waals surface area contributed by atoms with Gasteiger partial charge in [-0.2, -0.15) is 0 Å². The average molecular weight is 278 g/mol. The predicted octanol–water partition coefficient (Wildman–Crippen LogP) is 1.38. The van der Waals surface area contributed by atoms with E-state index in [0.29, 0.717) is 17.9 Å². The van der Waals surface area contributed by atoms with Gasteiger partial charge in [-0.3, -0.25) is 4.79 Å². The summed E-state index contributed by atoms with van der Waals surface area (Å²) in [5, 5.41) is 2.96. The number of carbonyl (C=O) groups is 1. The number of nitrogens with zero attached hydrogens (tertiary/aromatic N) is 1. The topological polar surface area (TPSA) is 75.7 Å². The van der Waals surface area contributed by atoms with Gasteiger partial charge in [-0.25, -0.2) is 4.79 Å². The molecule has 0 fully saturated rings. The van der Waals surface area contributed by atoms with Crippen LogP contribution in [0.3, 0.4) is 0 Å². The van der Waals surface area contributed by atoms with Crippen molar-refractivity contribution in [2.24, 2.45) is 0 Å². The first-order valence-electron chi connectivity index (χ1n) is 6.44. The zero-order valence-corrected chi connectivity index (χ0v) is 11.9. The molecule has 2 heterocycles. The number of hydrogen-bond acceptors (Lipinski definition) is 5. The van der Waals surface area contributed by atoms with Gasteiger partial charge in [-0.05, 0) is 34.0 Å². The third-order valence-corrected chi connectivity index (χ3v) is 2.92. The lowest BCUT2D eigenvalue weighted by molar-refractivity contribution is 0.0953. The zero-order chi connectivity index (χ0) is 14.7. The minimum atomic E-state index is -0.549. The second kappa shape index (κ2) is 5.92. The van der Waals surface area contributed by atoms with E-state index in [0.717, 1.165) is 13.0 Å². The summed E-state index contributed by atoms with van der Waals surface area (Å²) in [6, 6.07) is 1.60. The molecule has 1 N–H and O–H groups in total. The van der Waals surface area contributed by atoms with Gasteiger partial charge >= 0.3 is 5.63 Å². The van der Waals surface area contributed by atoms with Crippen LogP contribution in [0, 0.1) is 6.92 Å². The Kier molecular flexibility index (Phi) is 4.24. The first-order valence-corrected chi connectivity index (χ1v) is 6.44. The molecule has 0 atom stereocenters. The van der Waals surface area contributed by atoms with E-state index < -0.39 is 5.63 Å². The van der Waals surface area contributed by atoms with E-state index in [-0.39, 0.29) is 16.9 Å². The Hall–Kier alpha value is -2.08. The van der Waals surface area contributed by atoms with Crippen LogP contribution in [0.5, 0.6) is 0 Å². The monoisotopic (exact) mass is 278 g/mol. The fourth-order valence-corrected chi connectivity index (χ4v) is 1.96. The van der Waals surface area contributed by atoms with Gasteiger partial charge in [0.2, 0.25) is 0 Å². The molecular formula is C14H18N2O4. The van der Waals surface area contributed by atoms with Crippen molar-refractivity contribution in [1.82, 2.24) is 10.2 Å². The maximum Gasteiger partial charge on any atom is 0.347 e. The second-order valence-corrected chi connectivity index (χ2v) is 4.95. The Morgan fingerprint density at radius 1 is 1.40 bits per heavy atom. The lowest BCUT2D eigenvalue weighted by atomic mass is 10.2. The highest BCUT2D eigenvalue weighted by Gasteiger charge is 2.17. The number of amides is 1. The highest BCUT2D eigenvalue weighted by Crippen LogP contribution is 2.18. The van der Waals surface area contributed by atoms with E-state index in [4.69, 9.17) is 8.83 Å². The normalized spacial score (nSPS) is 11.2. The maximum atomic E-state index is 12.0. The average Bonchev–Trinajstić information content (AvgIpc) is 2.78. The number of hydrogen-bond donors (Lipinski definition) is 1. The summed E-state index contributed by atoms with van der Waals surface area (Å²) in [6.07, 6.45) is 2.13. The number of furan rings is 1. The van der Waals surface area contributed by atoms with Crippen LogP contribution >= 0.6 is 0 Å². The van der Waals surface area contributed by atoms with Crippen LogP contribution in [0.2, 0.25) is 0 Å². The first-order chi connectivity index (χ1) is 9.49. The van der Waals surface area contributed by atoms with E-state index in [1.165, 1.54) is 6.26 Å². The quantitative estimate of drug-likeness (QED) is 0.836. The van der Waals surface area contributed by atoms with Gasteiger partial charge in [-0.1, -0.05) is 0 Å². The van der Waals surface area contributed by atoms with Gasteiger partial charge < -0.3 is 19.1 Å². The van der Waals surface area contributed by atoms with Crippen LogP contribution in [-0.4, -0.2) is 38.0 Å². The summed E-state index contributed by atoms with van der Waals surface area (Å²) in [5.41, 5.74) is 0.0444. The van der Waals surface area contributed by atoms with Gasteiger partial charge in [-0.15, -0.1) is 0 Å². The smallest absolute Gasteiger partial charge is 0.347 e. The minimum Gasteiger partial charge on any atom is -0.463 e. The molecule has 0 spiro atoms. The number of nitrogens with one attached hydrogen (secondary N) is 1.